The molecule has 9 heteroatoms. The molecule has 0 atom stereocenters. The Morgan fingerprint density at radius 1 is 1.22 bits per heavy atom. The predicted molar refractivity (Wildman–Crippen MR) is 120 cm³/mol. The highest BCUT2D eigenvalue weighted by atomic mass is 32.1. The van der Waals surface area contributed by atoms with Gasteiger partial charge in [0.1, 0.15) is 5.00 Å². The van der Waals surface area contributed by atoms with Crippen LogP contribution in [0.5, 0.6) is 5.75 Å². The lowest BCUT2D eigenvalue weighted by Crippen LogP contribution is -2.34. The number of ether oxygens (including phenoxy) is 2. The minimum Gasteiger partial charge on any atom is -0.494 e. The molecule has 3 rings (SSSR count). The molecule has 0 aliphatic heterocycles. The molecule has 2 amide bonds. The summed E-state index contributed by atoms with van der Waals surface area (Å²) in [5.74, 6) is -1.65. The second-order valence-electron chi connectivity index (χ2n) is 7.55. The van der Waals surface area contributed by atoms with E-state index in [4.69, 9.17) is 9.47 Å². The average Bonchev–Trinajstić information content (AvgIpc) is 3.12. The number of nitrogens with zero attached hydrogens (tertiary/aromatic N) is 1. The van der Waals surface area contributed by atoms with Crippen LogP contribution in [-0.4, -0.2) is 42.9 Å². The van der Waals surface area contributed by atoms with E-state index < -0.39 is 18.4 Å². The molecule has 1 aliphatic carbocycles. The number of aryl methyl sites for hydroxylation is 1. The molecule has 1 heterocycles. The topological polar surface area (TPSA) is 84.9 Å². The Bertz CT molecular complexity index is 1020. The van der Waals surface area contributed by atoms with Crippen molar-refractivity contribution < 1.29 is 28.2 Å². The molecule has 1 aliphatic rings. The first kappa shape index (κ1) is 23.7. The molecule has 2 aromatic rings. The van der Waals surface area contributed by atoms with Crippen LogP contribution >= 0.6 is 11.3 Å². The van der Waals surface area contributed by atoms with Crippen molar-refractivity contribution in [2.24, 2.45) is 0 Å². The largest absolute Gasteiger partial charge is 0.494 e. The molecule has 0 saturated heterocycles. The second-order valence-corrected chi connectivity index (χ2v) is 8.65. The van der Waals surface area contributed by atoms with Gasteiger partial charge in [0, 0.05) is 24.9 Å². The Kier molecular flexibility index (Phi) is 7.84. The highest BCUT2D eigenvalue weighted by molar-refractivity contribution is 7.17. The summed E-state index contributed by atoms with van der Waals surface area (Å²) < 4.78 is 24.2. The van der Waals surface area contributed by atoms with Crippen molar-refractivity contribution in [1.29, 1.82) is 0 Å². The van der Waals surface area contributed by atoms with Crippen LogP contribution in [0.15, 0.2) is 18.2 Å². The van der Waals surface area contributed by atoms with Crippen LogP contribution in [0.2, 0.25) is 0 Å². The number of thiophene rings is 1. The zero-order valence-corrected chi connectivity index (χ0v) is 19.3. The summed E-state index contributed by atoms with van der Waals surface area (Å²) in [5, 5.41) is 3.19. The number of anilines is 1. The van der Waals surface area contributed by atoms with Crippen molar-refractivity contribution >= 4 is 34.1 Å². The monoisotopic (exact) mass is 462 g/mol. The van der Waals surface area contributed by atoms with Gasteiger partial charge in [-0.05, 0) is 55.9 Å². The number of carbonyl (C=O) groups excluding carboxylic acids is 3. The molecule has 0 radical (unpaired) electrons. The van der Waals surface area contributed by atoms with Crippen LogP contribution < -0.4 is 10.1 Å². The van der Waals surface area contributed by atoms with Crippen LogP contribution in [0, 0.1) is 5.82 Å². The zero-order valence-electron chi connectivity index (χ0n) is 18.5. The third-order valence-corrected chi connectivity index (χ3v) is 6.52. The normalized spacial score (nSPS) is 12.6. The fraction of sp³-hybridized carbons (Fsp3) is 0.435. The molecule has 7 nitrogen and oxygen atoms in total. The highest BCUT2D eigenvalue weighted by Gasteiger charge is 2.28. The summed E-state index contributed by atoms with van der Waals surface area (Å²) >= 11 is 1.40. The Hall–Kier alpha value is -2.94. The van der Waals surface area contributed by atoms with Gasteiger partial charge < -0.3 is 19.7 Å². The average molecular weight is 463 g/mol. The maximum atomic E-state index is 14.0. The van der Waals surface area contributed by atoms with Gasteiger partial charge in [0.15, 0.2) is 18.2 Å². The lowest BCUT2D eigenvalue weighted by atomic mass is 9.95. The van der Waals surface area contributed by atoms with Crippen LogP contribution in [0.25, 0.3) is 0 Å². The number of hydrogen-bond donors (Lipinski definition) is 1. The van der Waals surface area contributed by atoms with E-state index in [-0.39, 0.29) is 24.1 Å². The highest BCUT2D eigenvalue weighted by Crippen LogP contribution is 2.38. The number of rotatable bonds is 8. The number of fused-ring (bicyclic) bond motifs is 1. The number of halogens is 1. The summed E-state index contributed by atoms with van der Waals surface area (Å²) in [6, 6.07) is 4.51. The molecule has 0 bridgehead atoms. The van der Waals surface area contributed by atoms with E-state index in [0.29, 0.717) is 22.7 Å². The molecule has 32 heavy (non-hydrogen) atoms. The molecule has 1 N–H and O–H groups in total. The van der Waals surface area contributed by atoms with E-state index >= 15 is 0 Å². The van der Waals surface area contributed by atoms with E-state index in [1.54, 1.807) is 13.0 Å². The van der Waals surface area contributed by atoms with Crippen molar-refractivity contribution in [3.8, 4) is 5.75 Å². The number of methoxy groups -OCH3 is 1. The Labute approximate surface area is 190 Å². The summed E-state index contributed by atoms with van der Waals surface area (Å²) in [6.07, 6.45) is 3.61. The van der Waals surface area contributed by atoms with Gasteiger partial charge >= 0.3 is 5.97 Å². The van der Waals surface area contributed by atoms with Gasteiger partial charge in [0.05, 0.1) is 12.7 Å². The van der Waals surface area contributed by atoms with Crippen LogP contribution in [-0.2, 0) is 33.7 Å². The molecule has 172 valence electrons. The minimum absolute atomic E-state index is 0.131. The molecule has 0 spiro atoms. The number of likely N-dealkylation sites (N-methyl/N-ethyl adjacent to an activating group) is 1. The van der Waals surface area contributed by atoms with Gasteiger partial charge in [-0.25, -0.2) is 9.18 Å². The van der Waals surface area contributed by atoms with Crippen LogP contribution in [0.3, 0.4) is 0 Å². The van der Waals surface area contributed by atoms with Crippen molar-refractivity contribution in [3.05, 3.63) is 45.6 Å². The zero-order chi connectivity index (χ0) is 23.3. The third-order valence-electron chi connectivity index (χ3n) is 5.32. The Balaban J connectivity index is 1.68. The quantitative estimate of drug-likeness (QED) is 0.601. The summed E-state index contributed by atoms with van der Waals surface area (Å²) in [7, 11) is 1.39. The summed E-state index contributed by atoms with van der Waals surface area (Å²) in [5.41, 5.74) is 1.86. The van der Waals surface area contributed by atoms with Crippen molar-refractivity contribution in [2.75, 3.05) is 25.6 Å². The number of nitrogens with one attached hydrogen (secondary N) is 1. The first-order valence-electron chi connectivity index (χ1n) is 10.5. The standard InChI is InChI=1S/C23H27FN2O5S/c1-4-26(12-15-9-10-18(30-3)17(24)11-15)20(28)13-31-23(29)21-16-7-5-6-8-19(16)32-22(21)25-14(2)27/h9-11H,4-8,12-13H2,1-3H3,(H,25,27). The van der Waals surface area contributed by atoms with E-state index in [1.165, 1.54) is 42.4 Å². The van der Waals surface area contributed by atoms with Gasteiger partial charge in [-0.15, -0.1) is 11.3 Å². The smallest absolute Gasteiger partial charge is 0.341 e. The van der Waals surface area contributed by atoms with E-state index in [0.717, 1.165) is 36.1 Å². The van der Waals surface area contributed by atoms with Crippen molar-refractivity contribution in [3.63, 3.8) is 0 Å². The van der Waals surface area contributed by atoms with E-state index in [1.807, 2.05) is 0 Å². The third kappa shape index (κ3) is 5.45. The first-order chi connectivity index (χ1) is 15.3. The van der Waals surface area contributed by atoms with Gasteiger partial charge in [0.25, 0.3) is 5.91 Å². The molecule has 0 fully saturated rings. The molecule has 1 aromatic heterocycles. The predicted octanol–water partition coefficient (Wildman–Crippen LogP) is 3.94. The lowest BCUT2D eigenvalue weighted by Gasteiger charge is -2.21. The van der Waals surface area contributed by atoms with Crippen LogP contribution in [0.1, 0.15) is 53.1 Å². The number of amides is 2. The fourth-order valence-electron chi connectivity index (χ4n) is 3.73. The maximum absolute atomic E-state index is 14.0. The Morgan fingerprint density at radius 3 is 2.62 bits per heavy atom. The van der Waals surface area contributed by atoms with E-state index in [2.05, 4.69) is 5.32 Å². The van der Waals surface area contributed by atoms with Crippen molar-refractivity contribution in [2.45, 2.75) is 46.1 Å². The first-order valence-corrected chi connectivity index (χ1v) is 11.3. The minimum atomic E-state index is -0.618. The number of benzene rings is 1. The maximum Gasteiger partial charge on any atom is 0.341 e. The molecule has 0 unspecified atom stereocenters. The van der Waals surface area contributed by atoms with Gasteiger partial charge in [-0.2, -0.15) is 0 Å². The SMILES string of the molecule is CCN(Cc1ccc(OC)c(F)c1)C(=O)COC(=O)c1c(NC(C)=O)sc2c1CCCC2. The Morgan fingerprint density at radius 2 is 1.97 bits per heavy atom. The van der Waals surface area contributed by atoms with Crippen molar-refractivity contribution in [1.82, 2.24) is 4.90 Å². The molecular formula is C23H27FN2O5S. The lowest BCUT2D eigenvalue weighted by molar-refractivity contribution is -0.135. The summed E-state index contributed by atoms with van der Waals surface area (Å²) in [6.45, 7) is 3.30. The van der Waals surface area contributed by atoms with Gasteiger partial charge in [0.2, 0.25) is 5.91 Å². The molecule has 1 aromatic carbocycles. The van der Waals surface area contributed by atoms with Gasteiger partial charge in [-0.1, -0.05) is 6.07 Å². The number of hydrogen-bond acceptors (Lipinski definition) is 6. The molecular weight excluding hydrogens is 435 g/mol. The molecule has 0 saturated carbocycles. The fourth-order valence-corrected chi connectivity index (χ4v) is 5.05. The number of esters is 1. The van der Waals surface area contributed by atoms with Crippen LogP contribution in [0.4, 0.5) is 9.39 Å². The second kappa shape index (κ2) is 10.6. The van der Waals surface area contributed by atoms with Gasteiger partial charge in [-0.3, -0.25) is 9.59 Å². The number of carbonyl (C=O) groups is 3. The summed E-state index contributed by atoms with van der Waals surface area (Å²) in [4.78, 5) is 39.7. The van der Waals surface area contributed by atoms with E-state index in [9.17, 15) is 18.8 Å².